The summed E-state index contributed by atoms with van der Waals surface area (Å²) in [6.45, 7) is 0.508. The zero-order valence-electron chi connectivity index (χ0n) is 18.4. The van der Waals surface area contributed by atoms with Gasteiger partial charge in [-0.3, -0.25) is 9.80 Å². The van der Waals surface area contributed by atoms with Crippen LogP contribution in [0.3, 0.4) is 0 Å². The van der Waals surface area contributed by atoms with Crippen LogP contribution in [0.5, 0.6) is 0 Å². The minimum atomic E-state index is -4.20. The number of nitrogens with zero attached hydrogens (tertiary/aromatic N) is 2. The van der Waals surface area contributed by atoms with E-state index in [1.54, 1.807) is 18.3 Å². The maximum Gasteiger partial charge on any atom is 0.389 e. The zero-order valence-corrected chi connectivity index (χ0v) is 19.3. The first kappa shape index (κ1) is 23.8. The molecule has 0 bridgehead atoms. The molecular weight excluding hydrogens is 463 g/mol. The molecule has 0 atom stereocenters. The Morgan fingerprint density at radius 3 is 2.65 bits per heavy atom. The molecule has 2 heterocycles. The second-order valence-electron chi connectivity index (χ2n) is 8.04. The monoisotopic (exact) mass is 487 g/mol. The van der Waals surface area contributed by atoms with Crippen molar-refractivity contribution in [1.82, 2.24) is 20.3 Å². The summed E-state index contributed by atoms with van der Waals surface area (Å²) >= 11 is 5.09. The SMILES string of the molecule is CNN1C=C1C(=O)NCc1ccc2c(-c3cccc(C(N)=S)c3)cn(CCCC(F)(F)F)c2c1. The highest BCUT2D eigenvalue weighted by molar-refractivity contribution is 7.80. The molecule has 0 fully saturated rings. The van der Waals surface area contributed by atoms with Gasteiger partial charge in [-0.2, -0.15) is 13.2 Å². The number of thiocarbonyl (C=S) groups is 1. The number of aryl methyl sites for hydroxylation is 1. The molecule has 178 valence electrons. The average Bonchev–Trinajstić information content (AvgIpc) is 3.51. The average molecular weight is 488 g/mol. The zero-order chi connectivity index (χ0) is 24.5. The van der Waals surface area contributed by atoms with Crippen LogP contribution in [-0.2, 0) is 17.9 Å². The number of aromatic nitrogens is 1. The largest absolute Gasteiger partial charge is 0.389 e. The Labute approximate surface area is 200 Å². The van der Waals surface area contributed by atoms with Crippen molar-refractivity contribution in [2.45, 2.75) is 32.1 Å². The molecule has 0 aliphatic carbocycles. The molecule has 1 aliphatic heterocycles. The topological polar surface area (TPSA) is 75.1 Å². The minimum absolute atomic E-state index is 0.0331. The van der Waals surface area contributed by atoms with E-state index in [0.29, 0.717) is 12.2 Å². The normalized spacial score (nSPS) is 13.2. The Bertz CT molecular complexity index is 1280. The summed E-state index contributed by atoms with van der Waals surface area (Å²) in [7, 11) is 1.71. The summed E-state index contributed by atoms with van der Waals surface area (Å²) in [5.41, 5.74) is 13.3. The fourth-order valence-corrected chi connectivity index (χ4v) is 4.00. The molecule has 4 N–H and O–H groups in total. The lowest BCUT2D eigenvalue weighted by Crippen LogP contribution is -2.27. The molecule has 10 heteroatoms. The van der Waals surface area contributed by atoms with Crippen molar-refractivity contribution in [1.29, 1.82) is 0 Å². The molecule has 1 aliphatic rings. The lowest BCUT2D eigenvalue weighted by atomic mass is 10.0. The second-order valence-corrected chi connectivity index (χ2v) is 8.48. The number of nitrogens with one attached hydrogen (secondary N) is 2. The van der Waals surface area contributed by atoms with Gasteiger partial charge in [-0.15, -0.1) is 0 Å². The van der Waals surface area contributed by atoms with Crippen LogP contribution in [-0.4, -0.2) is 33.7 Å². The molecule has 0 saturated heterocycles. The summed E-state index contributed by atoms with van der Waals surface area (Å²) in [5.74, 6) is -0.203. The Kier molecular flexibility index (Phi) is 6.63. The van der Waals surface area contributed by atoms with Crippen LogP contribution in [0.15, 0.2) is 60.6 Å². The summed E-state index contributed by atoms with van der Waals surface area (Å²) in [6, 6.07) is 13.2. The van der Waals surface area contributed by atoms with Crippen LogP contribution in [0.2, 0.25) is 0 Å². The van der Waals surface area contributed by atoms with E-state index < -0.39 is 12.6 Å². The van der Waals surface area contributed by atoms with Gasteiger partial charge in [0.25, 0.3) is 5.91 Å². The van der Waals surface area contributed by atoms with Crippen molar-refractivity contribution >= 4 is 34.0 Å². The van der Waals surface area contributed by atoms with Gasteiger partial charge < -0.3 is 15.6 Å². The number of halogens is 3. The van der Waals surface area contributed by atoms with Crippen LogP contribution < -0.4 is 16.5 Å². The first-order chi connectivity index (χ1) is 16.2. The number of carbonyl (C=O) groups excluding carboxylic acids is 1. The van der Waals surface area contributed by atoms with E-state index in [1.807, 2.05) is 53.2 Å². The van der Waals surface area contributed by atoms with Crippen molar-refractivity contribution in [2.24, 2.45) is 5.73 Å². The van der Waals surface area contributed by atoms with Crippen molar-refractivity contribution < 1.29 is 18.0 Å². The fraction of sp³-hybridized carbons (Fsp3) is 0.250. The third kappa shape index (κ3) is 5.40. The molecule has 0 spiro atoms. The van der Waals surface area contributed by atoms with Crippen molar-refractivity contribution in [3.05, 3.63) is 71.7 Å². The van der Waals surface area contributed by atoms with Crippen molar-refractivity contribution in [3.8, 4) is 11.1 Å². The highest BCUT2D eigenvalue weighted by Crippen LogP contribution is 2.33. The highest BCUT2D eigenvalue weighted by atomic mass is 32.1. The molecule has 4 rings (SSSR count). The fourth-order valence-electron chi connectivity index (χ4n) is 3.87. The number of hydrogen-bond donors (Lipinski definition) is 3. The molecule has 0 unspecified atom stereocenters. The van der Waals surface area contributed by atoms with E-state index in [2.05, 4.69) is 10.7 Å². The van der Waals surface area contributed by atoms with Gasteiger partial charge in [0, 0.05) is 54.8 Å². The molecule has 1 aromatic heterocycles. The number of fused-ring (bicyclic) bond motifs is 1. The smallest absolute Gasteiger partial charge is 0.389 e. The van der Waals surface area contributed by atoms with E-state index in [9.17, 15) is 18.0 Å². The number of amides is 1. The Hall–Kier alpha value is -3.37. The van der Waals surface area contributed by atoms with E-state index in [4.69, 9.17) is 18.0 Å². The second kappa shape index (κ2) is 9.47. The predicted octanol–water partition coefficient (Wildman–Crippen LogP) is 4.19. The van der Waals surface area contributed by atoms with Gasteiger partial charge in [-0.05, 0) is 29.7 Å². The number of nitrogens with two attached hydrogens (primary N) is 1. The van der Waals surface area contributed by atoms with Gasteiger partial charge in [0.2, 0.25) is 0 Å². The third-order valence-corrected chi connectivity index (χ3v) is 5.87. The van der Waals surface area contributed by atoms with Gasteiger partial charge in [0.05, 0.1) is 6.20 Å². The van der Waals surface area contributed by atoms with Crippen LogP contribution in [0.25, 0.3) is 22.0 Å². The van der Waals surface area contributed by atoms with Crippen LogP contribution in [0.1, 0.15) is 24.0 Å². The lowest BCUT2D eigenvalue weighted by molar-refractivity contribution is -0.135. The number of carbonyl (C=O) groups is 1. The summed E-state index contributed by atoms with van der Waals surface area (Å²) in [6.07, 6.45) is -1.55. The van der Waals surface area contributed by atoms with E-state index >= 15 is 0 Å². The van der Waals surface area contributed by atoms with E-state index in [0.717, 1.165) is 33.2 Å². The number of rotatable bonds is 9. The number of hydrazine groups is 1. The van der Waals surface area contributed by atoms with E-state index in [1.165, 1.54) is 0 Å². The number of hydrogen-bond acceptors (Lipinski definition) is 4. The van der Waals surface area contributed by atoms with Crippen molar-refractivity contribution in [2.75, 3.05) is 7.05 Å². The van der Waals surface area contributed by atoms with Gasteiger partial charge in [-0.25, -0.2) is 5.43 Å². The summed E-state index contributed by atoms with van der Waals surface area (Å²) in [4.78, 5) is 12.5. The lowest BCUT2D eigenvalue weighted by Gasteiger charge is -2.09. The third-order valence-electron chi connectivity index (χ3n) is 5.63. The standard InChI is InChI=1S/C24H24F3N5OS/c1-29-32-14-21(32)23(33)30-12-15-6-7-18-19(16-4-2-5-17(11-16)22(28)34)13-31(20(18)10-15)9-3-8-24(25,26)27/h2,4-7,10-11,13-14,29H,3,8-9,12H2,1H3,(H2,28,34)(H,30,33). The molecule has 2 aromatic carbocycles. The van der Waals surface area contributed by atoms with E-state index in [-0.39, 0.29) is 23.9 Å². The molecular formula is C24H24F3N5OS. The molecule has 3 aromatic rings. The van der Waals surface area contributed by atoms with Crippen LogP contribution >= 0.6 is 12.2 Å². The molecule has 0 radical (unpaired) electrons. The van der Waals surface area contributed by atoms with Gasteiger partial charge in [-0.1, -0.05) is 42.5 Å². The Balaban J connectivity index is 1.63. The Morgan fingerprint density at radius 2 is 1.97 bits per heavy atom. The summed E-state index contributed by atoms with van der Waals surface area (Å²) in [5, 5.41) is 5.36. The quantitative estimate of drug-likeness (QED) is 0.395. The first-order valence-corrected chi connectivity index (χ1v) is 11.1. The molecule has 0 saturated carbocycles. The highest BCUT2D eigenvalue weighted by Gasteiger charge is 2.27. The summed E-state index contributed by atoms with van der Waals surface area (Å²) < 4.78 is 40.1. The number of alkyl halides is 3. The minimum Gasteiger partial charge on any atom is -0.389 e. The van der Waals surface area contributed by atoms with Crippen molar-refractivity contribution in [3.63, 3.8) is 0 Å². The first-order valence-electron chi connectivity index (χ1n) is 10.7. The van der Waals surface area contributed by atoms with Gasteiger partial charge in [0.1, 0.15) is 10.7 Å². The van der Waals surface area contributed by atoms with Crippen LogP contribution in [0.4, 0.5) is 13.2 Å². The number of benzene rings is 2. The van der Waals surface area contributed by atoms with Gasteiger partial charge >= 0.3 is 6.18 Å². The molecule has 1 amide bonds. The predicted molar refractivity (Wildman–Crippen MR) is 129 cm³/mol. The molecule has 6 nitrogen and oxygen atoms in total. The maximum atomic E-state index is 12.7. The van der Waals surface area contributed by atoms with Gasteiger partial charge in [0.15, 0.2) is 0 Å². The van der Waals surface area contributed by atoms with Crippen LogP contribution in [0, 0.1) is 0 Å². The molecule has 34 heavy (non-hydrogen) atoms. The maximum absolute atomic E-state index is 12.7. The Morgan fingerprint density at radius 1 is 1.18 bits per heavy atom.